The van der Waals surface area contributed by atoms with Gasteiger partial charge in [0.25, 0.3) is 0 Å². The first-order chi connectivity index (χ1) is 9.25. The minimum atomic E-state index is -0.322. The van der Waals surface area contributed by atoms with E-state index in [-0.39, 0.29) is 11.6 Å². The summed E-state index contributed by atoms with van der Waals surface area (Å²) in [7, 11) is 0. The summed E-state index contributed by atoms with van der Waals surface area (Å²) in [4.78, 5) is 0. The fourth-order valence-corrected chi connectivity index (χ4v) is 2.01. The van der Waals surface area contributed by atoms with Crippen molar-refractivity contribution in [1.29, 1.82) is 0 Å². The van der Waals surface area contributed by atoms with Crippen LogP contribution in [-0.2, 0) is 0 Å². The topological polar surface area (TPSA) is 52.0 Å². The van der Waals surface area contributed by atoms with Crippen LogP contribution >= 0.6 is 0 Å². The summed E-state index contributed by atoms with van der Waals surface area (Å²) in [5, 5.41) is 3.78. The molecule has 0 unspecified atom stereocenters. The average Bonchev–Trinajstić information content (AvgIpc) is 2.82. The first kappa shape index (κ1) is 11.5. The van der Waals surface area contributed by atoms with Crippen LogP contribution in [0.1, 0.15) is 0 Å². The largest absolute Gasteiger partial charge is 0.380 e. The Morgan fingerprint density at radius 3 is 2.42 bits per heavy atom. The van der Waals surface area contributed by atoms with Gasteiger partial charge in [0.1, 0.15) is 5.82 Å². The standard InChI is InChI=1S/C15H11FN2O/c16-12-8-4-7-11(9-12)13-14(19-18-15(13)17)10-5-2-1-3-6-10/h1-9H,(H2,17,18). The van der Waals surface area contributed by atoms with Crippen LogP contribution in [-0.4, -0.2) is 5.16 Å². The molecule has 0 amide bonds. The smallest absolute Gasteiger partial charge is 0.176 e. The summed E-state index contributed by atoms with van der Waals surface area (Å²) in [6.07, 6.45) is 0. The number of nitrogens with zero attached hydrogens (tertiary/aromatic N) is 1. The van der Waals surface area contributed by atoms with Gasteiger partial charge in [-0.15, -0.1) is 0 Å². The lowest BCUT2D eigenvalue weighted by molar-refractivity contribution is 0.436. The number of nitrogens with two attached hydrogens (primary N) is 1. The maximum Gasteiger partial charge on any atom is 0.176 e. The molecule has 0 spiro atoms. The van der Waals surface area contributed by atoms with Crippen molar-refractivity contribution in [3.05, 3.63) is 60.4 Å². The summed E-state index contributed by atoms with van der Waals surface area (Å²) in [5.74, 6) is 0.477. The van der Waals surface area contributed by atoms with Gasteiger partial charge in [-0.25, -0.2) is 4.39 Å². The van der Waals surface area contributed by atoms with Gasteiger partial charge in [0, 0.05) is 5.56 Å². The summed E-state index contributed by atoms with van der Waals surface area (Å²) >= 11 is 0. The molecule has 3 aromatic rings. The highest BCUT2D eigenvalue weighted by Crippen LogP contribution is 2.36. The Bertz CT molecular complexity index is 707. The van der Waals surface area contributed by atoms with E-state index in [1.807, 2.05) is 30.3 Å². The van der Waals surface area contributed by atoms with Gasteiger partial charge < -0.3 is 10.3 Å². The number of anilines is 1. The first-order valence-electron chi connectivity index (χ1n) is 5.82. The van der Waals surface area contributed by atoms with Crippen LogP contribution < -0.4 is 5.73 Å². The lowest BCUT2D eigenvalue weighted by Crippen LogP contribution is -1.89. The van der Waals surface area contributed by atoms with Gasteiger partial charge in [-0.05, 0) is 17.7 Å². The zero-order valence-electron chi connectivity index (χ0n) is 10.0. The van der Waals surface area contributed by atoms with Crippen LogP contribution in [0.5, 0.6) is 0 Å². The fraction of sp³-hybridized carbons (Fsp3) is 0. The van der Waals surface area contributed by atoms with E-state index in [0.29, 0.717) is 16.9 Å². The second-order valence-corrected chi connectivity index (χ2v) is 4.15. The Kier molecular flexibility index (Phi) is 2.76. The molecule has 1 aromatic heterocycles. The molecule has 0 aliphatic heterocycles. The quantitative estimate of drug-likeness (QED) is 0.758. The number of nitrogen functional groups attached to an aromatic ring is 1. The number of halogens is 1. The predicted molar refractivity (Wildman–Crippen MR) is 71.7 cm³/mol. The Balaban J connectivity index is 2.20. The van der Waals surface area contributed by atoms with Crippen LogP contribution in [0.3, 0.4) is 0 Å². The normalized spacial score (nSPS) is 10.6. The predicted octanol–water partition coefficient (Wildman–Crippen LogP) is 3.73. The van der Waals surface area contributed by atoms with Crippen molar-refractivity contribution in [2.45, 2.75) is 0 Å². The summed E-state index contributed by atoms with van der Waals surface area (Å²) in [6.45, 7) is 0. The van der Waals surface area contributed by atoms with E-state index in [2.05, 4.69) is 5.16 Å². The lowest BCUT2D eigenvalue weighted by atomic mass is 10.0. The third kappa shape index (κ3) is 2.08. The molecule has 0 atom stereocenters. The van der Waals surface area contributed by atoms with Gasteiger partial charge >= 0.3 is 0 Å². The van der Waals surface area contributed by atoms with Crippen molar-refractivity contribution in [1.82, 2.24) is 5.16 Å². The zero-order valence-corrected chi connectivity index (χ0v) is 10.0. The van der Waals surface area contributed by atoms with Gasteiger partial charge in [0.2, 0.25) is 0 Å². The first-order valence-corrected chi connectivity index (χ1v) is 5.82. The number of aromatic nitrogens is 1. The van der Waals surface area contributed by atoms with Crippen LogP contribution in [0.25, 0.3) is 22.5 Å². The maximum absolute atomic E-state index is 13.3. The molecular formula is C15H11FN2O. The molecule has 94 valence electrons. The van der Waals surface area contributed by atoms with E-state index in [9.17, 15) is 4.39 Å². The van der Waals surface area contributed by atoms with Gasteiger partial charge in [-0.2, -0.15) is 0 Å². The molecule has 3 nitrogen and oxygen atoms in total. The molecule has 0 saturated heterocycles. The summed E-state index contributed by atoms with van der Waals surface area (Å²) in [6, 6.07) is 15.7. The fourth-order valence-electron chi connectivity index (χ4n) is 2.01. The molecule has 3 rings (SSSR count). The van der Waals surface area contributed by atoms with Crippen molar-refractivity contribution in [2.75, 3.05) is 5.73 Å². The third-order valence-corrected chi connectivity index (χ3v) is 2.87. The monoisotopic (exact) mass is 254 g/mol. The summed E-state index contributed by atoms with van der Waals surface area (Å²) < 4.78 is 18.6. The van der Waals surface area contributed by atoms with Gasteiger partial charge in [0.05, 0.1) is 5.56 Å². The SMILES string of the molecule is Nc1noc(-c2ccccc2)c1-c1cccc(F)c1. The second-order valence-electron chi connectivity index (χ2n) is 4.15. The molecule has 0 radical (unpaired) electrons. The van der Waals surface area contributed by atoms with Crippen molar-refractivity contribution < 1.29 is 8.91 Å². The molecule has 0 aliphatic rings. The number of rotatable bonds is 2. The Morgan fingerprint density at radius 2 is 1.68 bits per heavy atom. The molecule has 0 saturated carbocycles. The number of hydrogen-bond donors (Lipinski definition) is 1. The Morgan fingerprint density at radius 1 is 0.947 bits per heavy atom. The van der Waals surface area contributed by atoms with Gasteiger partial charge in [-0.1, -0.05) is 47.6 Å². The highest BCUT2D eigenvalue weighted by atomic mass is 19.1. The Labute approximate surface area is 109 Å². The van der Waals surface area contributed by atoms with E-state index >= 15 is 0 Å². The molecule has 2 N–H and O–H groups in total. The molecule has 0 bridgehead atoms. The van der Waals surface area contributed by atoms with Crippen LogP contribution in [0, 0.1) is 5.82 Å². The van der Waals surface area contributed by atoms with Gasteiger partial charge in [-0.3, -0.25) is 0 Å². The lowest BCUT2D eigenvalue weighted by Gasteiger charge is -2.02. The third-order valence-electron chi connectivity index (χ3n) is 2.87. The number of hydrogen-bond acceptors (Lipinski definition) is 3. The van der Waals surface area contributed by atoms with E-state index in [1.165, 1.54) is 12.1 Å². The van der Waals surface area contributed by atoms with Crippen molar-refractivity contribution in [2.24, 2.45) is 0 Å². The molecule has 2 aromatic carbocycles. The highest BCUT2D eigenvalue weighted by molar-refractivity contribution is 5.86. The zero-order chi connectivity index (χ0) is 13.2. The number of benzene rings is 2. The maximum atomic E-state index is 13.3. The second kappa shape index (κ2) is 4.57. The van der Waals surface area contributed by atoms with E-state index in [0.717, 1.165) is 5.56 Å². The molecule has 0 aliphatic carbocycles. The van der Waals surface area contributed by atoms with Crippen LogP contribution in [0.15, 0.2) is 59.1 Å². The van der Waals surface area contributed by atoms with Gasteiger partial charge in [0.15, 0.2) is 11.6 Å². The van der Waals surface area contributed by atoms with E-state index in [1.54, 1.807) is 12.1 Å². The molecule has 1 heterocycles. The minimum absolute atomic E-state index is 0.254. The highest BCUT2D eigenvalue weighted by Gasteiger charge is 2.17. The molecule has 4 heteroatoms. The average molecular weight is 254 g/mol. The molecule has 0 fully saturated rings. The minimum Gasteiger partial charge on any atom is -0.380 e. The van der Waals surface area contributed by atoms with E-state index < -0.39 is 0 Å². The molecular weight excluding hydrogens is 243 g/mol. The van der Waals surface area contributed by atoms with Crippen molar-refractivity contribution >= 4 is 5.82 Å². The molecule has 19 heavy (non-hydrogen) atoms. The van der Waals surface area contributed by atoms with Crippen LogP contribution in [0.2, 0.25) is 0 Å². The summed E-state index contributed by atoms with van der Waals surface area (Å²) in [5.41, 5.74) is 7.95. The Hall–Kier alpha value is -2.62. The van der Waals surface area contributed by atoms with E-state index in [4.69, 9.17) is 10.3 Å². The van der Waals surface area contributed by atoms with Crippen molar-refractivity contribution in [3.63, 3.8) is 0 Å². The van der Waals surface area contributed by atoms with Crippen molar-refractivity contribution in [3.8, 4) is 22.5 Å². The van der Waals surface area contributed by atoms with Crippen LogP contribution in [0.4, 0.5) is 10.2 Å².